The molecule has 1 amide bonds. The molecule has 228 valence electrons. The molecule has 2 fully saturated rings. The van der Waals surface area contributed by atoms with Gasteiger partial charge in [0, 0.05) is 38.1 Å². The molecular weight excluding hydrogens is 629 g/mol. The fourth-order valence-corrected chi connectivity index (χ4v) is 6.58. The van der Waals surface area contributed by atoms with Crippen LogP contribution in [0.4, 0.5) is 32.0 Å². The summed E-state index contributed by atoms with van der Waals surface area (Å²) in [4.78, 5) is 18.8. The van der Waals surface area contributed by atoms with Crippen molar-refractivity contribution < 1.29 is 31.1 Å². The lowest BCUT2D eigenvalue weighted by Gasteiger charge is -2.41. The van der Waals surface area contributed by atoms with Gasteiger partial charge in [-0.25, -0.2) is 4.98 Å². The maximum absolute atomic E-state index is 13.5. The summed E-state index contributed by atoms with van der Waals surface area (Å²) >= 11 is 19.6. The average Bonchev–Trinajstić information content (AvgIpc) is 3.17. The third-order valence-corrected chi connectivity index (χ3v) is 9.62. The van der Waals surface area contributed by atoms with Gasteiger partial charge in [-0.2, -0.15) is 26.3 Å². The molecule has 2 heterocycles. The van der Waals surface area contributed by atoms with Crippen LogP contribution in [-0.4, -0.2) is 40.9 Å². The second-order valence-corrected chi connectivity index (χ2v) is 12.2. The van der Waals surface area contributed by atoms with Crippen LogP contribution in [0.25, 0.3) is 11.0 Å². The van der Waals surface area contributed by atoms with Crippen LogP contribution < -0.4 is 10.2 Å². The Kier molecular flexibility index (Phi) is 8.35. The van der Waals surface area contributed by atoms with E-state index in [-0.39, 0.29) is 48.8 Å². The molecule has 3 aromatic rings. The largest absolute Gasteiger partial charge is 0.403 e. The second kappa shape index (κ2) is 11.3. The first-order valence-corrected chi connectivity index (χ1v) is 14.5. The Bertz CT molecular complexity index is 1520. The summed E-state index contributed by atoms with van der Waals surface area (Å²) in [7, 11) is 1.75. The molecule has 1 aliphatic carbocycles. The van der Waals surface area contributed by atoms with Crippen LogP contribution in [0.15, 0.2) is 24.3 Å². The third-order valence-electron chi connectivity index (χ3n) is 8.49. The summed E-state index contributed by atoms with van der Waals surface area (Å²) in [5.74, 6) is -1.98. The SMILES string of the molecule is Cn1c(Cc2c(Cl)ccc(CNC(=O)C3(C(F)(F)F)CCC3)c2Cl)nc2cc(Cl)c(N3CCCC(C(F)(F)F)C3)cc21. The van der Waals surface area contributed by atoms with Gasteiger partial charge in [-0.15, -0.1) is 0 Å². The molecule has 0 radical (unpaired) electrons. The van der Waals surface area contributed by atoms with Crippen LogP contribution in [0.1, 0.15) is 49.1 Å². The highest BCUT2D eigenvalue weighted by atomic mass is 35.5. The van der Waals surface area contributed by atoms with E-state index in [2.05, 4.69) is 10.3 Å². The van der Waals surface area contributed by atoms with Gasteiger partial charge in [-0.05, 0) is 55.0 Å². The van der Waals surface area contributed by atoms with Crippen LogP contribution in [0.5, 0.6) is 0 Å². The van der Waals surface area contributed by atoms with Crippen molar-refractivity contribution in [2.45, 2.75) is 57.4 Å². The number of nitrogens with zero attached hydrogens (tertiary/aromatic N) is 3. The van der Waals surface area contributed by atoms with Gasteiger partial charge in [0.1, 0.15) is 11.2 Å². The van der Waals surface area contributed by atoms with Crippen LogP contribution in [0, 0.1) is 11.3 Å². The van der Waals surface area contributed by atoms with Gasteiger partial charge in [0.05, 0.1) is 32.7 Å². The quantitative estimate of drug-likeness (QED) is 0.272. The minimum atomic E-state index is -4.64. The smallest absolute Gasteiger partial charge is 0.370 e. The first-order chi connectivity index (χ1) is 19.6. The number of amides is 1. The predicted octanol–water partition coefficient (Wildman–Crippen LogP) is 8.25. The Morgan fingerprint density at radius 2 is 1.79 bits per heavy atom. The van der Waals surface area contributed by atoms with E-state index in [4.69, 9.17) is 34.8 Å². The lowest BCUT2D eigenvalue weighted by atomic mass is 9.67. The van der Waals surface area contributed by atoms with Crippen molar-refractivity contribution in [2.75, 3.05) is 18.0 Å². The number of piperidine rings is 1. The van der Waals surface area contributed by atoms with Gasteiger partial charge in [-0.3, -0.25) is 4.79 Å². The lowest BCUT2D eigenvalue weighted by molar-refractivity contribution is -0.243. The van der Waals surface area contributed by atoms with Crippen LogP contribution in [0.2, 0.25) is 15.1 Å². The van der Waals surface area contributed by atoms with Crippen molar-refractivity contribution in [1.29, 1.82) is 0 Å². The van der Waals surface area contributed by atoms with Gasteiger partial charge in [0.25, 0.3) is 0 Å². The molecule has 1 N–H and O–H groups in total. The zero-order chi connectivity index (χ0) is 30.6. The Labute approximate surface area is 253 Å². The van der Waals surface area contributed by atoms with Gasteiger partial charge in [-0.1, -0.05) is 47.3 Å². The Balaban J connectivity index is 1.38. The summed E-state index contributed by atoms with van der Waals surface area (Å²) in [6, 6.07) is 6.43. The van der Waals surface area contributed by atoms with E-state index in [1.54, 1.807) is 40.8 Å². The van der Waals surface area contributed by atoms with Gasteiger partial charge < -0.3 is 14.8 Å². The minimum Gasteiger partial charge on any atom is -0.370 e. The van der Waals surface area contributed by atoms with Crippen LogP contribution in [-0.2, 0) is 24.8 Å². The maximum atomic E-state index is 13.5. The van der Waals surface area contributed by atoms with E-state index in [0.717, 1.165) is 0 Å². The summed E-state index contributed by atoms with van der Waals surface area (Å²) in [5, 5.41) is 3.17. The Morgan fingerprint density at radius 3 is 2.40 bits per heavy atom. The van der Waals surface area contributed by atoms with Crippen molar-refractivity contribution in [2.24, 2.45) is 18.4 Å². The van der Waals surface area contributed by atoms with Crippen LogP contribution in [0.3, 0.4) is 0 Å². The standard InChI is InChI=1S/C28H27Cl3F6N4O/c1-40-22-12-21(41-9-2-4-16(14-41)27(32,33)34)19(30)11-20(22)39-23(40)10-17-18(29)6-5-15(24(17)31)13-38-25(42)26(7-3-8-26)28(35,36)37/h5-6,11-12,16H,2-4,7-10,13-14H2,1H3,(H,38,42). The van der Waals surface area contributed by atoms with Gasteiger partial charge in [0.15, 0.2) is 0 Å². The number of hydrogen-bond acceptors (Lipinski definition) is 3. The molecule has 1 saturated carbocycles. The number of halogens is 9. The number of alkyl halides is 6. The zero-order valence-electron chi connectivity index (χ0n) is 22.4. The highest BCUT2D eigenvalue weighted by molar-refractivity contribution is 6.36. The van der Waals surface area contributed by atoms with Crippen molar-refractivity contribution in [3.8, 4) is 0 Å². The number of nitrogens with one attached hydrogen (secondary N) is 1. The number of carbonyl (C=O) groups excluding carboxylic acids is 1. The second-order valence-electron chi connectivity index (χ2n) is 11.0. The molecule has 2 aromatic carbocycles. The number of fused-ring (bicyclic) bond motifs is 1. The number of aryl methyl sites for hydroxylation is 1. The lowest BCUT2D eigenvalue weighted by Crippen LogP contribution is -2.54. The zero-order valence-corrected chi connectivity index (χ0v) is 24.7. The summed E-state index contributed by atoms with van der Waals surface area (Å²) in [6.07, 6.45) is -8.49. The van der Waals surface area contributed by atoms with Crippen molar-refractivity contribution in [3.63, 3.8) is 0 Å². The number of rotatable bonds is 6. The first kappa shape index (κ1) is 31.1. The molecule has 0 bridgehead atoms. The molecule has 0 spiro atoms. The third kappa shape index (κ3) is 5.64. The molecular formula is C28H27Cl3F6N4O. The molecule has 42 heavy (non-hydrogen) atoms. The van der Waals surface area contributed by atoms with Crippen molar-refractivity contribution in [3.05, 3.63) is 56.3 Å². The van der Waals surface area contributed by atoms with E-state index < -0.39 is 29.6 Å². The molecule has 1 saturated heterocycles. The Morgan fingerprint density at radius 1 is 1.07 bits per heavy atom. The van der Waals surface area contributed by atoms with E-state index in [1.165, 1.54) is 0 Å². The summed E-state index contributed by atoms with van der Waals surface area (Å²) in [6.45, 7) is 0.0507. The van der Waals surface area contributed by atoms with E-state index in [0.29, 0.717) is 58.1 Å². The summed E-state index contributed by atoms with van der Waals surface area (Å²) in [5.41, 5.74) is 0.155. The van der Waals surface area contributed by atoms with Crippen molar-refractivity contribution in [1.82, 2.24) is 14.9 Å². The molecule has 1 unspecified atom stereocenters. The molecule has 5 nitrogen and oxygen atoms in total. The molecule has 1 aromatic heterocycles. The average molecular weight is 656 g/mol. The maximum Gasteiger partial charge on any atom is 0.403 e. The molecule has 1 atom stereocenters. The van der Waals surface area contributed by atoms with Crippen molar-refractivity contribution >= 4 is 57.4 Å². The number of hydrogen-bond donors (Lipinski definition) is 1. The fraction of sp³-hybridized carbons (Fsp3) is 0.500. The monoisotopic (exact) mass is 654 g/mol. The fourth-order valence-electron chi connectivity index (χ4n) is 5.73. The highest BCUT2D eigenvalue weighted by Crippen LogP contribution is 2.53. The Hall–Kier alpha value is -2.37. The normalized spacial score (nSPS) is 19.2. The molecule has 14 heteroatoms. The molecule has 2 aliphatic rings. The molecule has 1 aliphatic heterocycles. The van der Waals surface area contributed by atoms with Gasteiger partial charge in [0.2, 0.25) is 5.91 Å². The van der Waals surface area contributed by atoms with Gasteiger partial charge >= 0.3 is 12.4 Å². The number of imidazole rings is 1. The predicted molar refractivity (Wildman–Crippen MR) is 150 cm³/mol. The van der Waals surface area contributed by atoms with Crippen LogP contribution >= 0.6 is 34.8 Å². The first-order valence-electron chi connectivity index (χ1n) is 13.4. The number of benzene rings is 2. The molecule has 5 rings (SSSR count). The van der Waals surface area contributed by atoms with E-state index >= 15 is 0 Å². The van der Waals surface area contributed by atoms with E-state index in [9.17, 15) is 31.1 Å². The minimum absolute atomic E-state index is 0.0726. The number of aromatic nitrogens is 2. The number of anilines is 1. The number of carbonyl (C=O) groups is 1. The highest BCUT2D eigenvalue weighted by Gasteiger charge is 2.63. The topological polar surface area (TPSA) is 50.2 Å². The van der Waals surface area contributed by atoms with E-state index in [1.807, 2.05) is 0 Å². The summed E-state index contributed by atoms with van der Waals surface area (Å²) < 4.78 is 82.6.